The van der Waals surface area contributed by atoms with Gasteiger partial charge in [0.1, 0.15) is 11.4 Å². The first-order valence-corrected chi connectivity index (χ1v) is 9.55. The van der Waals surface area contributed by atoms with Gasteiger partial charge in [0, 0.05) is 24.0 Å². The largest absolute Gasteiger partial charge is 0.437 e. The summed E-state index contributed by atoms with van der Waals surface area (Å²) < 4.78 is 6.89. The lowest BCUT2D eigenvalue weighted by atomic mass is 9.84. The van der Waals surface area contributed by atoms with Gasteiger partial charge < -0.3 is 9.64 Å². The van der Waals surface area contributed by atoms with Crippen LogP contribution in [-0.2, 0) is 21.6 Å². The SMILES string of the molecule is CC(=O)C[C@]1(c2ccccc2)CCN(CCc2ccc(Br)cc2)C(=O)O1. The van der Waals surface area contributed by atoms with E-state index in [0.29, 0.717) is 19.5 Å². The highest BCUT2D eigenvalue weighted by molar-refractivity contribution is 9.10. The zero-order valence-corrected chi connectivity index (χ0v) is 16.4. The molecular formula is C21H22BrNO3. The number of cyclic esters (lactones) is 1. The average Bonchev–Trinajstić information content (AvgIpc) is 2.63. The highest BCUT2D eigenvalue weighted by atomic mass is 79.9. The molecule has 0 radical (unpaired) electrons. The van der Waals surface area contributed by atoms with Gasteiger partial charge in [-0.05, 0) is 36.6 Å². The highest BCUT2D eigenvalue weighted by Crippen LogP contribution is 2.37. The third kappa shape index (κ3) is 4.33. The number of Topliss-reactive ketones (excluding diaryl/α,β-unsaturated/α-hetero) is 1. The first-order valence-electron chi connectivity index (χ1n) is 8.76. The van der Waals surface area contributed by atoms with Gasteiger partial charge in [-0.15, -0.1) is 0 Å². The van der Waals surface area contributed by atoms with Crippen molar-refractivity contribution in [3.8, 4) is 0 Å². The number of benzene rings is 2. The van der Waals surface area contributed by atoms with Crippen LogP contribution in [0.4, 0.5) is 4.79 Å². The molecule has 5 heteroatoms. The van der Waals surface area contributed by atoms with Gasteiger partial charge in [-0.3, -0.25) is 4.79 Å². The fourth-order valence-corrected chi connectivity index (χ4v) is 3.65. The molecule has 1 amide bonds. The van der Waals surface area contributed by atoms with Crippen molar-refractivity contribution in [3.63, 3.8) is 0 Å². The molecular weight excluding hydrogens is 394 g/mol. The highest BCUT2D eigenvalue weighted by Gasteiger charge is 2.42. The van der Waals surface area contributed by atoms with Crippen molar-refractivity contribution < 1.29 is 14.3 Å². The monoisotopic (exact) mass is 415 g/mol. The maximum atomic E-state index is 12.6. The molecule has 2 aromatic carbocycles. The number of halogens is 1. The van der Waals surface area contributed by atoms with E-state index in [2.05, 4.69) is 15.9 Å². The second-order valence-corrected chi connectivity index (χ2v) is 7.64. The molecule has 0 saturated carbocycles. The minimum atomic E-state index is -0.849. The zero-order chi connectivity index (χ0) is 18.6. The number of rotatable bonds is 6. The van der Waals surface area contributed by atoms with Gasteiger partial charge >= 0.3 is 6.09 Å². The molecule has 0 aliphatic carbocycles. The third-order valence-corrected chi connectivity index (χ3v) is 5.27. The molecule has 0 unspecified atom stereocenters. The molecule has 1 aliphatic rings. The van der Waals surface area contributed by atoms with E-state index in [1.54, 1.807) is 11.8 Å². The summed E-state index contributed by atoms with van der Waals surface area (Å²) in [5, 5.41) is 0. The van der Waals surface area contributed by atoms with E-state index in [4.69, 9.17) is 4.74 Å². The van der Waals surface area contributed by atoms with Crippen molar-refractivity contribution in [2.45, 2.75) is 31.8 Å². The summed E-state index contributed by atoms with van der Waals surface area (Å²) >= 11 is 3.42. The van der Waals surface area contributed by atoms with Gasteiger partial charge in [0.15, 0.2) is 0 Å². The second-order valence-electron chi connectivity index (χ2n) is 6.72. The number of nitrogens with zero attached hydrogens (tertiary/aromatic N) is 1. The lowest BCUT2D eigenvalue weighted by Gasteiger charge is -2.41. The predicted octanol–water partition coefficient (Wildman–Crippen LogP) is 4.71. The van der Waals surface area contributed by atoms with Gasteiger partial charge in [0.25, 0.3) is 0 Å². The van der Waals surface area contributed by atoms with Crippen LogP contribution in [0.1, 0.15) is 30.9 Å². The Hall–Kier alpha value is -2.14. The topological polar surface area (TPSA) is 46.6 Å². The van der Waals surface area contributed by atoms with Gasteiger partial charge in [0.2, 0.25) is 0 Å². The molecule has 0 spiro atoms. The Morgan fingerprint density at radius 1 is 1.15 bits per heavy atom. The molecule has 1 saturated heterocycles. The molecule has 26 heavy (non-hydrogen) atoms. The predicted molar refractivity (Wildman–Crippen MR) is 104 cm³/mol. The third-order valence-electron chi connectivity index (χ3n) is 4.74. The number of ketones is 1. The first-order chi connectivity index (χ1) is 12.5. The Morgan fingerprint density at radius 3 is 2.46 bits per heavy atom. The number of hydrogen-bond acceptors (Lipinski definition) is 3. The Bertz CT molecular complexity index is 776. The lowest BCUT2D eigenvalue weighted by molar-refractivity contribution is -0.125. The number of ether oxygens (including phenoxy) is 1. The molecule has 1 heterocycles. The van der Waals surface area contributed by atoms with Crippen LogP contribution in [-0.4, -0.2) is 29.9 Å². The molecule has 0 N–H and O–H groups in total. The van der Waals surface area contributed by atoms with Crippen molar-refractivity contribution in [2.24, 2.45) is 0 Å². The van der Waals surface area contributed by atoms with Crippen molar-refractivity contribution >= 4 is 27.8 Å². The summed E-state index contributed by atoms with van der Waals surface area (Å²) in [6.45, 7) is 2.72. The second kappa shape index (κ2) is 8.04. The summed E-state index contributed by atoms with van der Waals surface area (Å²) in [6.07, 6.45) is 1.25. The molecule has 1 atom stereocenters. The number of amides is 1. The average molecular weight is 416 g/mol. The number of hydrogen-bond donors (Lipinski definition) is 0. The molecule has 4 nitrogen and oxygen atoms in total. The maximum Gasteiger partial charge on any atom is 0.410 e. The Morgan fingerprint density at radius 2 is 1.85 bits per heavy atom. The smallest absolute Gasteiger partial charge is 0.410 e. The quantitative estimate of drug-likeness (QED) is 0.686. The van der Waals surface area contributed by atoms with Gasteiger partial charge in [-0.1, -0.05) is 58.4 Å². The van der Waals surface area contributed by atoms with Crippen LogP contribution >= 0.6 is 15.9 Å². The first kappa shape index (κ1) is 18.6. The summed E-state index contributed by atoms with van der Waals surface area (Å²) in [4.78, 5) is 26.2. The molecule has 3 rings (SSSR count). The van der Waals surface area contributed by atoms with Crippen molar-refractivity contribution in [3.05, 3.63) is 70.2 Å². The van der Waals surface area contributed by atoms with Gasteiger partial charge in [-0.25, -0.2) is 4.79 Å². The fourth-order valence-electron chi connectivity index (χ4n) is 3.38. The normalized spacial score (nSPS) is 19.9. The maximum absolute atomic E-state index is 12.6. The van der Waals surface area contributed by atoms with Crippen LogP contribution in [0.3, 0.4) is 0 Å². The van der Waals surface area contributed by atoms with E-state index >= 15 is 0 Å². The van der Waals surface area contributed by atoms with Crippen LogP contribution in [0.2, 0.25) is 0 Å². The Labute approximate surface area is 162 Å². The van der Waals surface area contributed by atoms with E-state index < -0.39 is 5.60 Å². The van der Waals surface area contributed by atoms with E-state index in [-0.39, 0.29) is 18.3 Å². The zero-order valence-electron chi connectivity index (χ0n) is 14.8. The summed E-state index contributed by atoms with van der Waals surface area (Å²) in [5.74, 6) is 0.0185. The lowest BCUT2D eigenvalue weighted by Crippen LogP contribution is -2.49. The van der Waals surface area contributed by atoms with Crippen LogP contribution < -0.4 is 0 Å². The molecule has 0 aromatic heterocycles. The molecule has 2 aromatic rings. The van der Waals surface area contributed by atoms with Crippen molar-refractivity contribution in [1.29, 1.82) is 0 Å². The van der Waals surface area contributed by atoms with Crippen LogP contribution in [0.15, 0.2) is 59.1 Å². The van der Waals surface area contributed by atoms with Crippen molar-refractivity contribution in [1.82, 2.24) is 4.90 Å². The van der Waals surface area contributed by atoms with Crippen molar-refractivity contribution in [2.75, 3.05) is 13.1 Å². The summed E-state index contributed by atoms with van der Waals surface area (Å²) in [5.41, 5.74) is 1.21. The van der Waals surface area contributed by atoms with Crippen LogP contribution in [0, 0.1) is 0 Å². The summed E-state index contributed by atoms with van der Waals surface area (Å²) in [7, 11) is 0. The molecule has 0 bridgehead atoms. The van der Waals surface area contributed by atoms with E-state index in [1.165, 1.54) is 5.56 Å². The minimum absolute atomic E-state index is 0.0185. The number of carbonyl (C=O) groups is 2. The van der Waals surface area contributed by atoms with Crippen LogP contribution in [0.25, 0.3) is 0 Å². The molecule has 1 aliphatic heterocycles. The number of carbonyl (C=O) groups excluding carboxylic acids is 2. The Balaban J connectivity index is 1.69. The van der Waals surface area contributed by atoms with Gasteiger partial charge in [0.05, 0.1) is 6.42 Å². The fraction of sp³-hybridized carbons (Fsp3) is 0.333. The van der Waals surface area contributed by atoms with E-state index in [9.17, 15) is 9.59 Å². The molecule has 136 valence electrons. The minimum Gasteiger partial charge on any atom is -0.437 e. The standard InChI is InChI=1S/C21H22BrNO3/c1-16(24)15-21(18-5-3-2-4-6-18)12-14-23(20(25)26-21)13-11-17-7-9-19(22)10-8-17/h2-10H,11-15H2,1H3/t21-/m0/s1. The molecule has 1 fully saturated rings. The van der Waals surface area contributed by atoms with E-state index in [0.717, 1.165) is 16.5 Å². The van der Waals surface area contributed by atoms with Crippen LogP contribution in [0.5, 0.6) is 0 Å². The summed E-state index contributed by atoms with van der Waals surface area (Å²) in [6, 6.07) is 17.7. The van der Waals surface area contributed by atoms with E-state index in [1.807, 2.05) is 54.6 Å². The Kier molecular flexibility index (Phi) is 5.77. The van der Waals surface area contributed by atoms with Gasteiger partial charge in [-0.2, -0.15) is 0 Å².